The van der Waals surface area contributed by atoms with Gasteiger partial charge in [-0.1, -0.05) is 64.5 Å². The summed E-state index contributed by atoms with van der Waals surface area (Å²) in [6.45, 7) is 8.02. The number of hydrogen-bond acceptors (Lipinski definition) is 3. The van der Waals surface area contributed by atoms with Gasteiger partial charge in [0.1, 0.15) is 11.8 Å². The first-order valence-corrected chi connectivity index (χ1v) is 12.6. The largest absolute Gasteiger partial charge is 0.484 e. The van der Waals surface area contributed by atoms with Crippen LogP contribution in [0.25, 0.3) is 0 Å². The molecule has 0 aliphatic carbocycles. The molecule has 5 nitrogen and oxygen atoms in total. The van der Waals surface area contributed by atoms with Crippen molar-refractivity contribution in [3.8, 4) is 5.75 Å². The number of carbonyl (C=O) groups excluding carboxylic acids is 2. The number of aryl methyl sites for hydroxylation is 2. The van der Waals surface area contributed by atoms with Crippen LogP contribution in [0.5, 0.6) is 5.75 Å². The number of halogens is 1. The lowest BCUT2D eigenvalue weighted by Gasteiger charge is -2.32. The van der Waals surface area contributed by atoms with Gasteiger partial charge in [0.05, 0.1) is 0 Å². The van der Waals surface area contributed by atoms with Crippen LogP contribution in [-0.2, 0) is 22.6 Å². The van der Waals surface area contributed by atoms with Crippen molar-refractivity contribution in [2.24, 2.45) is 0 Å². The first-order chi connectivity index (χ1) is 16.7. The molecule has 0 saturated heterocycles. The van der Waals surface area contributed by atoms with Gasteiger partial charge >= 0.3 is 0 Å². The van der Waals surface area contributed by atoms with Gasteiger partial charge in [-0.25, -0.2) is 0 Å². The zero-order valence-electron chi connectivity index (χ0n) is 20.8. The van der Waals surface area contributed by atoms with Crippen LogP contribution < -0.4 is 10.1 Å². The second kappa shape index (κ2) is 12.5. The van der Waals surface area contributed by atoms with Crippen LogP contribution in [0.2, 0.25) is 0 Å². The van der Waals surface area contributed by atoms with Crippen LogP contribution in [0, 0.1) is 13.8 Å². The Labute approximate surface area is 216 Å². The highest BCUT2D eigenvalue weighted by molar-refractivity contribution is 9.10. The van der Waals surface area contributed by atoms with Crippen LogP contribution in [0.1, 0.15) is 36.1 Å². The van der Waals surface area contributed by atoms with Crippen LogP contribution in [0.4, 0.5) is 0 Å². The Morgan fingerprint density at radius 1 is 0.914 bits per heavy atom. The molecule has 0 aromatic heterocycles. The molecular weight excluding hydrogens is 504 g/mol. The number of carbonyl (C=O) groups is 2. The quantitative estimate of drug-likeness (QED) is 0.366. The van der Waals surface area contributed by atoms with E-state index in [4.69, 9.17) is 4.74 Å². The van der Waals surface area contributed by atoms with E-state index in [1.165, 1.54) is 0 Å². The molecule has 1 atom stereocenters. The van der Waals surface area contributed by atoms with E-state index in [0.29, 0.717) is 18.7 Å². The Bertz CT molecular complexity index is 1130. The fraction of sp³-hybridized carbons (Fsp3) is 0.310. The van der Waals surface area contributed by atoms with E-state index in [1.807, 2.05) is 100 Å². The molecule has 0 aliphatic rings. The number of nitrogens with one attached hydrogen (secondary N) is 1. The molecule has 0 fully saturated rings. The van der Waals surface area contributed by atoms with E-state index in [-0.39, 0.29) is 24.5 Å². The summed E-state index contributed by atoms with van der Waals surface area (Å²) in [5.74, 6) is 0.211. The fourth-order valence-corrected chi connectivity index (χ4v) is 4.02. The molecule has 0 unspecified atom stereocenters. The third-order valence-corrected chi connectivity index (χ3v) is 6.34. The summed E-state index contributed by atoms with van der Waals surface area (Å²) in [7, 11) is 0. The molecule has 0 bridgehead atoms. The number of hydrogen-bond donors (Lipinski definition) is 1. The lowest BCUT2D eigenvalue weighted by atomic mass is 10.0. The van der Waals surface area contributed by atoms with Gasteiger partial charge in [-0.05, 0) is 74.2 Å². The average molecular weight is 537 g/mol. The maximum Gasteiger partial charge on any atom is 0.261 e. The van der Waals surface area contributed by atoms with Gasteiger partial charge in [-0.15, -0.1) is 0 Å². The fourth-order valence-electron chi connectivity index (χ4n) is 3.75. The Morgan fingerprint density at radius 2 is 1.60 bits per heavy atom. The molecule has 3 rings (SSSR count). The normalized spacial score (nSPS) is 11.7. The molecule has 6 heteroatoms. The predicted molar refractivity (Wildman–Crippen MR) is 143 cm³/mol. The highest BCUT2D eigenvalue weighted by Crippen LogP contribution is 2.19. The molecule has 3 aromatic rings. The van der Waals surface area contributed by atoms with Crippen molar-refractivity contribution in [2.45, 2.75) is 52.7 Å². The van der Waals surface area contributed by atoms with Gasteiger partial charge < -0.3 is 15.0 Å². The maximum absolute atomic E-state index is 13.6. The zero-order chi connectivity index (χ0) is 25.4. The summed E-state index contributed by atoms with van der Waals surface area (Å²) >= 11 is 3.46. The third-order valence-electron chi connectivity index (χ3n) is 5.81. The molecule has 3 aromatic carbocycles. The molecule has 0 radical (unpaired) electrons. The van der Waals surface area contributed by atoms with Crippen LogP contribution >= 0.6 is 15.9 Å². The van der Waals surface area contributed by atoms with E-state index >= 15 is 0 Å². The van der Waals surface area contributed by atoms with Crippen LogP contribution in [-0.4, -0.2) is 35.4 Å². The number of nitrogens with zero attached hydrogens (tertiary/aromatic N) is 1. The SMILES string of the molecule is Cc1ccc(OCC(=O)N(Cc2ccc(Br)cc2)[C@@H](Cc2ccccc2)C(=O)NC(C)C)cc1C. The van der Waals surface area contributed by atoms with Crippen molar-refractivity contribution in [1.29, 1.82) is 0 Å². The van der Waals surface area contributed by atoms with Gasteiger partial charge in [-0.3, -0.25) is 9.59 Å². The lowest BCUT2D eigenvalue weighted by Crippen LogP contribution is -2.52. The van der Waals surface area contributed by atoms with Gasteiger partial charge in [0.15, 0.2) is 6.61 Å². The minimum Gasteiger partial charge on any atom is -0.484 e. The highest BCUT2D eigenvalue weighted by atomic mass is 79.9. The molecule has 2 amide bonds. The second-order valence-electron chi connectivity index (χ2n) is 9.05. The number of ether oxygens (including phenoxy) is 1. The molecule has 184 valence electrons. The standard InChI is InChI=1S/C29H33BrN2O3/c1-20(2)31-29(34)27(17-23-8-6-5-7-9-23)32(18-24-11-13-25(30)14-12-24)28(33)19-35-26-15-10-21(3)22(4)16-26/h5-16,20,27H,17-19H2,1-4H3,(H,31,34)/t27-/m0/s1. The van der Waals surface area contributed by atoms with E-state index < -0.39 is 6.04 Å². The summed E-state index contributed by atoms with van der Waals surface area (Å²) < 4.78 is 6.83. The van der Waals surface area contributed by atoms with E-state index in [0.717, 1.165) is 26.7 Å². The van der Waals surface area contributed by atoms with Gasteiger partial charge in [0, 0.05) is 23.5 Å². The average Bonchev–Trinajstić information content (AvgIpc) is 2.83. The Hall–Kier alpha value is -3.12. The molecule has 0 saturated carbocycles. The summed E-state index contributed by atoms with van der Waals surface area (Å²) in [5.41, 5.74) is 4.18. The number of benzene rings is 3. The minimum absolute atomic E-state index is 0.0443. The smallest absolute Gasteiger partial charge is 0.261 e. The zero-order valence-corrected chi connectivity index (χ0v) is 22.3. The van der Waals surface area contributed by atoms with Gasteiger partial charge in [0.2, 0.25) is 5.91 Å². The molecule has 0 aliphatic heterocycles. The van der Waals surface area contributed by atoms with Crippen molar-refractivity contribution in [1.82, 2.24) is 10.2 Å². The first kappa shape index (κ1) is 26.5. The summed E-state index contributed by atoms with van der Waals surface area (Å²) in [4.78, 5) is 28.6. The second-order valence-corrected chi connectivity index (χ2v) is 9.97. The lowest BCUT2D eigenvalue weighted by molar-refractivity contribution is -0.143. The van der Waals surface area contributed by atoms with Gasteiger partial charge in [-0.2, -0.15) is 0 Å². The topological polar surface area (TPSA) is 58.6 Å². The van der Waals surface area contributed by atoms with Crippen molar-refractivity contribution >= 4 is 27.7 Å². The third kappa shape index (κ3) is 7.96. The van der Waals surface area contributed by atoms with E-state index in [1.54, 1.807) is 4.90 Å². The van der Waals surface area contributed by atoms with Crippen molar-refractivity contribution in [3.05, 3.63) is 99.5 Å². The van der Waals surface area contributed by atoms with Crippen LogP contribution in [0.15, 0.2) is 77.3 Å². The Morgan fingerprint density at radius 3 is 2.23 bits per heavy atom. The molecule has 0 heterocycles. The monoisotopic (exact) mass is 536 g/mol. The van der Waals surface area contributed by atoms with Gasteiger partial charge in [0.25, 0.3) is 5.91 Å². The van der Waals surface area contributed by atoms with Crippen molar-refractivity contribution in [3.63, 3.8) is 0 Å². The maximum atomic E-state index is 13.6. The number of rotatable bonds is 10. The van der Waals surface area contributed by atoms with E-state index in [9.17, 15) is 9.59 Å². The molecule has 35 heavy (non-hydrogen) atoms. The van der Waals surface area contributed by atoms with E-state index in [2.05, 4.69) is 21.2 Å². The van der Waals surface area contributed by atoms with Crippen LogP contribution in [0.3, 0.4) is 0 Å². The minimum atomic E-state index is -0.681. The summed E-state index contributed by atoms with van der Waals surface area (Å²) in [6, 6.07) is 22.6. The summed E-state index contributed by atoms with van der Waals surface area (Å²) in [6.07, 6.45) is 0.408. The number of amides is 2. The predicted octanol–water partition coefficient (Wildman–Crippen LogP) is 5.61. The Balaban J connectivity index is 1.90. The van der Waals surface area contributed by atoms with Crippen molar-refractivity contribution < 1.29 is 14.3 Å². The molecule has 1 N–H and O–H groups in total. The highest BCUT2D eigenvalue weighted by Gasteiger charge is 2.31. The first-order valence-electron chi connectivity index (χ1n) is 11.8. The molecular formula is C29H33BrN2O3. The summed E-state index contributed by atoms with van der Waals surface area (Å²) in [5, 5.41) is 3.00. The Kier molecular flexibility index (Phi) is 9.49. The van der Waals surface area contributed by atoms with Crippen molar-refractivity contribution in [2.75, 3.05) is 6.61 Å². The molecule has 0 spiro atoms.